The second kappa shape index (κ2) is 6.67. The molecule has 2 aromatic rings. The topological polar surface area (TPSA) is 89.3 Å². The molecule has 8 heteroatoms. The van der Waals surface area contributed by atoms with Crippen molar-refractivity contribution in [2.45, 2.75) is 46.3 Å². The summed E-state index contributed by atoms with van der Waals surface area (Å²) < 4.78 is 10.5. The zero-order chi connectivity index (χ0) is 16.4. The van der Waals surface area contributed by atoms with Crippen LogP contribution in [-0.4, -0.2) is 28.8 Å². The largest absolute Gasteiger partial charge is 0.375 e. The fraction of sp³-hybridized carbons (Fsp3) is 0.533. The summed E-state index contributed by atoms with van der Waals surface area (Å²) in [5.41, 5.74) is 2.93. The zero-order valence-corrected chi connectivity index (χ0v) is 14.2. The molecule has 3 heterocycles. The fourth-order valence-corrected chi connectivity index (χ4v) is 3.53. The summed E-state index contributed by atoms with van der Waals surface area (Å²) >= 11 is 1.47. The molecule has 0 aliphatic carbocycles. The van der Waals surface area contributed by atoms with E-state index in [4.69, 9.17) is 9.26 Å². The molecule has 1 atom stereocenters. The van der Waals surface area contributed by atoms with Crippen LogP contribution >= 0.6 is 11.3 Å². The third-order valence-electron chi connectivity index (χ3n) is 3.78. The third kappa shape index (κ3) is 3.70. The molecule has 0 fully saturated rings. The van der Waals surface area contributed by atoms with Gasteiger partial charge in [0.2, 0.25) is 0 Å². The smallest absolute Gasteiger partial charge is 0.321 e. The van der Waals surface area contributed by atoms with Gasteiger partial charge in [0, 0.05) is 18.0 Å². The normalized spacial score (nSPS) is 15.1. The van der Waals surface area contributed by atoms with E-state index < -0.39 is 0 Å². The number of thiazole rings is 1. The summed E-state index contributed by atoms with van der Waals surface area (Å²) in [6.45, 7) is 7.01. The molecular formula is C15H20N4O3S. The van der Waals surface area contributed by atoms with Gasteiger partial charge in [0.25, 0.3) is 0 Å². The van der Waals surface area contributed by atoms with E-state index in [9.17, 15) is 4.79 Å². The van der Waals surface area contributed by atoms with Gasteiger partial charge < -0.3 is 14.6 Å². The van der Waals surface area contributed by atoms with Crippen molar-refractivity contribution in [3.63, 3.8) is 0 Å². The summed E-state index contributed by atoms with van der Waals surface area (Å²) in [5.74, 6) is 0.796. The molecule has 2 amide bonds. The fourth-order valence-electron chi connectivity index (χ4n) is 2.59. The highest BCUT2D eigenvalue weighted by Crippen LogP contribution is 2.26. The second-order valence-electron chi connectivity index (χ2n) is 5.70. The Kier molecular flexibility index (Phi) is 4.63. The predicted molar refractivity (Wildman–Crippen MR) is 86.8 cm³/mol. The lowest BCUT2D eigenvalue weighted by Crippen LogP contribution is -2.37. The van der Waals surface area contributed by atoms with Gasteiger partial charge in [-0.1, -0.05) is 16.5 Å². The number of nitrogens with zero attached hydrogens (tertiary/aromatic N) is 2. The summed E-state index contributed by atoms with van der Waals surface area (Å²) in [5, 5.41) is 10.3. The molecule has 1 aliphatic rings. The van der Waals surface area contributed by atoms with Crippen LogP contribution in [0.25, 0.3) is 0 Å². The molecule has 0 radical (unpaired) electrons. The van der Waals surface area contributed by atoms with E-state index in [0.29, 0.717) is 24.8 Å². The van der Waals surface area contributed by atoms with Crippen molar-refractivity contribution in [1.82, 2.24) is 15.5 Å². The van der Waals surface area contributed by atoms with Crippen LogP contribution in [0.1, 0.15) is 34.5 Å². The van der Waals surface area contributed by atoms with Crippen LogP contribution < -0.4 is 10.6 Å². The Labute approximate surface area is 138 Å². The van der Waals surface area contributed by atoms with Crippen LogP contribution in [0.2, 0.25) is 0 Å². The van der Waals surface area contributed by atoms with E-state index in [-0.39, 0.29) is 12.1 Å². The Morgan fingerprint density at radius 3 is 2.96 bits per heavy atom. The highest BCUT2D eigenvalue weighted by Gasteiger charge is 2.18. The minimum absolute atomic E-state index is 0.0373. The van der Waals surface area contributed by atoms with Gasteiger partial charge in [0.15, 0.2) is 5.13 Å². The van der Waals surface area contributed by atoms with E-state index in [2.05, 4.69) is 20.8 Å². The van der Waals surface area contributed by atoms with Gasteiger partial charge in [-0.25, -0.2) is 9.78 Å². The Hall–Kier alpha value is -1.93. The number of carbonyl (C=O) groups is 1. The lowest BCUT2D eigenvalue weighted by Gasteiger charge is -2.13. The number of urea groups is 1. The van der Waals surface area contributed by atoms with Gasteiger partial charge >= 0.3 is 6.03 Å². The minimum atomic E-state index is -0.253. The van der Waals surface area contributed by atoms with Crippen LogP contribution in [0.15, 0.2) is 4.52 Å². The monoisotopic (exact) mass is 336 g/mol. The highest BCUT2D eigenvalue weighted by molar-refractivity contribution is 7.15. The summed E-state index contributed by atoms with van der Waals surface area (Å²) in [6.07, 6.45) is 1.48. The molecule has 2 aromatic heterocycles. The van der Waals surface area contributed by atoms with Gasteiger partial charge in [0.05, 0.1) is 29.5 Å². The number of fused-ring (bicyclic) bond motifs is 1. The summed E-state index contributed by atoms with van der Waals surface area (Å²) in [6, 6.07) is -0.291. The Morgan fingerprint density at radius 1 is 1.43 bits per heavy atom. The third-order valence-corrected chi connectivity index (χ3v) is 4.77. The van der Waals surface area contributed by atoms with Crippen LogP contribution in [0.5, 0.6) is 0 Å². The summed E-state index contributed by atoms with van der Waals surface area (Å²) in [4.78, 5) is 17.6. The number of hydrogen-bond donors (Lipinski definition) is 2. The zero-order valence-electron chi connectivity index (χ0n) is 13.4. The van der Waals surface area contributed by atoms with Crippen LogP contribution in [0.3, 0.4) is 0 Å². The number of amides is 2. The molecular weight excluding hydrogens is 316 g/mol. The number of hydrogen-bond acceptors (Lipinski definition) is 6. The number of nitrogens with one attached hydrogen (secondary N) is 2. The summed E-state index contributed by atoms with van der Waals surface area (Å²) in [7, 11) is 0. The van der Waals surface area contributed by atoms with Crippen molar-refractivity contribution in [3.8, 4) is 0 Å². The van der Waals surface area contributed by atoms with Gasteiger partial charge in [-0.05, 0) is 27.2 Å². The van der Waals surface area contributed by atoms with Crippen molar-refractivity contribution in [1.29, 1.82) is 0 Å². The molecule has 1 aliphatic heterocycles. The lowest BCUT2D eigenvalue weighted by atomic mass is 10.1. The molecule has 7 nitrogen and oxygen atoms in total. The minimum Gasteiger partial charge on any atom is -0.375 e. The number of aryl methyl sites for hydroxylation is 2. The first-order chi connectivity index (χ1) is 11.0. The van der Waals surface area contributed by atoms with Crippen molar-refractivity contribution in [2.24, 2.45) is 0 Å². The molecule has 2 N–H and O–H groups in total. The van der Waals surface area contributed by atoms with Gasteiger partial charge in [0.1, 0.15) is 5.76 Å². The van der Waals surface area contributed by atoms with E-state index in [1.54, 1.807) is 0 Å². The maximum atomic E-state index is 12.1. The average Bonchev–Trinajstić information content (AvgIpc) is 3.04. The molecule has 0 spiro atoms. The van der Waals surface area contributed by atoms with Crippen molar-refractivity contribution in [2.75, 3.05) is 11.9 Å². The molecule has 0 saturated carbocycles. The SMILES string of the molecule is Cc1noc(C)c1CC(C)NC(=O)Nc1nc2c(s1)COCC2. The quantitative estimate of drug-likeness (QED) is 0.896. The number of ether oxygens (including phenoxy) is 1. The van der Waals surface area contributed by atoms with E-state index in [0.717, 1.165) is 34.0 Å². The van der Waals surface area contributed by atoms with Crippen molar-refractivity contribution >= 4 is 22.5 Å². The highest BCUT2D eigenvalue weighted by atomic mass is 32.1. The lowest BCUT2D eigenvalue weighted by molar-refractivity contribution is 0.112. The molecule has 0 aromatic carbocycles. The maximum absolute atomic E-state index is 12.1. The predicted octanol–water partition coefficient (Wildman–Crippen LogP) is 2.57. The molecule has 0 saturated heterocycles. The van der Waals surface area contributed by atoms with Crippen LogP contribution in [0.4, 0.5) is 9.93 Å². The average molecular weight is 336 g/mol. The first kappa shape index (κ1) is 15.9. The Balaban J connectivity index is 1.55. The standard InChI is InChI=1S/C15H20N4O3S/c1-8(6-11-9(2)19-22-10(11)3)16-14(20)18-15-17-12-4-5-21-7-13(12)23-15/h8H,4-7H2,1-3H3,(H2,16,17,18,20). The first-order valence-corrected chi connectivity index (χ1v) is 8.40. The van der Waals surface area contributed by atoms with Crippen molar-refractivity contribution in [3.05, 3.63) is 27.6 Å². The van der Waals surface area contributed by atoms with Crippen LogP contribution in [-0.2, 0) is 24.2 Å². The van der Waals surface area contributed by atoms with E-state index in [1.807, 2.05) is 20.8 Å². The van der Waals surface area contributed by atoms with E-state index >= 15 is 0 Å². The molecule has 23 heavy (non-hydrogen) atoms. The molecule has 124 valence electrons. The molecule has 1 unspecified atom stereocenters. The second-order valence-corrected chi connectivity index (χ2v) is 6.78. The van der Waals surface area contributed by atoms with Gasteiger partial charge in [-0.15, -0.1) is 0 Å². The number of carbonyl (C=O) groups excluding carboxylic acids is 1. The molecule has 3 rings (SSSR count). The Morgan fingerprint density at radius 2 is 2.26 bits per heavy atom. The molecule has 0 bridgehead atoms. The first-order valence-electron chi connectivity index (χ1n) is 7.58. The van der Waals surface area contributed by atoms with Crippen molar-refractivity contribution < 1.29 is 14.1 Å². The number of rotatable bonds is 4. The van der Waals surface area contributed by atoms with E-state index in [1.165, 1.54) is 11.3 Å². The maximum Gasteiger partial charge on any atom is 0.321 e. The van der Waals surface area contributed by atoms with Crippen LogP contribution in [0, 0.1) is 13.8 Å². The number of anilines is 1. The Bertz CT molecular complexity index is 667. The van der Waals surface area contributed by atoms with Gasteiger partial charge in [-0.2, -0.15) is 0 Å². The number of aromatic nitrogens is 2. The van der Waals surface area contributed by atoms with Gasteiger partial charge in [-0.3, -0.25) is 5.32 Å².